The molecule has 0 fully saturated rings. The molecule has 1 aliphatic rings. The highest BCUT2D eigenvalue weighted by Crippen LogP contribution is 2.29. The smallest absolute Gasteiger partial charge is 0.158 e. The summed E-state index contributed by atoms with van der Waals surface area (Å²) in [6, 6.07) is 8.25. The van der Waals surface area contributed by atoms with E-state index in [4.69, 9.17) is 5.10 Å². The van der Waals surface area contributed by atoms with Crippen LogP contribution in [0.5, 0.6) is 0 Å². The predicted molar refractivity (Wildman–Crippen MR) is 112 cm³/mol. The van der Waals surface area contributed by atoms with Gasteiger partial charge in [0.2, 0.25) is 0 Å². The molecule has 0 saturated carbocycles. The molecule has 2 N–H and O–H groups in total. The van der Waals surface area contributed by atoms with E-state index in [-0.39, 0.29) is 5.82 Å². The van der Waals surface area contributed by atoms with Crippen molar-refractivity contribution in [2.24, 2.45) is 0 Å². The average Bonchev–Trinajstić information content (AvgIpc) is 3.38. The lowest BCUT2D eigenvalue weighted by Gasteiger charge is -2.07. The van der Waals surface area contributed by atoms with Crippen LogP contribution >= 0.6 is 0 Å². The molecule has 0 aliphatic heterocycles. The maximum atomic E-state index is 13.3. The summed E-state index contributed by atoms with van der Waals surface area (Å²) < 4.78 is 15.1. The zero-order valence-corrected chi connectivity index (χ0v) is 16.7. The number of hydrogen-bond donors (Lipinski definition) is 2. The molecule has 4 aromatic rings. The second-order valence-corrected chi connectivity index (χ2v) is 7.43. The number of halogens is 1. The second-order valence-electron chi connectivity index (χ2n) is 7.43. The standard InChI is InChI=1S/C22H22FN7/c1-2-17-21(14-7-9-16(23)10-8-14)27-28-22(17)26-19-11-20(25-13-24-19)30-12-15-5-3-4-6-18(15)29-30/h7-13H,2-6H2,1H3,(H2,24,25,26,27,28). The summed E-state index contributed by atoms with van der Waals surface area (Å²) in [6.07, 6.45) is 8.86. The van der Waals surface area contributed by atoms with Crippen LogP contribution in [0.15, 0.2) is 42.9 Å². The molecule has 3 heterocycles. The van der Waals surface area contributed by atoms with Crippen LogP contribution in [0.1, 0.15) is 36.6 Å². The number of benzene rings is 1. The van der Waals surface area contributed by atoms with Crippen LogP contribution in [0.2, 0.25) is 0 Å². The Morgan fingerprint density at radius 2 is 1.97 bits per heavy atom. The van der Waals surface area contributed by atoms with Crippen molar-refractivity contribution >= 4 is 11.6 Å². The molecular formula is C22H22FN7. The molecule has 1 aliphatic carbocycles. The quantitative estimate of drug-likeness (QED) is 0.517. The molecule has 0 saturated heterocycles. The highest BCUT2D eigenvalue weighted by molar-refractivity contribution is 5.71. The van der Waals surface area contributed by atoms with E-state index in [1.807, 2.05) is 10.7 Å². The third-order valence-electron chi connectivity index (χ3n) is 5.47. The Labute approximate surface area is 173 Å². The number of hydrogen-bond acceptors (Lipinski definition) is 5. The first kappa shape index (κ1) is 18.5. The van der Waals surface area contributed by atoms with Gasteiger partial charge in [0.05, 0.1) is 11.4 Å². The first-order chi connectivity index (χ1) is 14.7. The summed E-state index contributed by atoms with van der Waals surface area (Å²) in [5.41, 5.74) is 5.24. The number of fused-ring (bicyclic) bond motifs is 1. The Bertz CT molecular complexity index is 1150. The van der Waals surface area contributed by atoms with E-state index in [9.17, 15) is 4.39 Å². The second kappa shape index (κ2) is 7.70. The number of aromatic amines is 1. The molecule has 0 bridgehead atoms. The van der Waals surface area contributed by atoms with E-state index < -0.39 is 0 Å². The van der Waals surface area contributed by atoms with Gasteiger partial charge in [-0.25, -0.2) is 19.0 Å². The minimum absolute atomic E-state index is 0.261. The maximum Gasteiger partial charge on any atom is 0.158 e. The Kier molecular flexibility index (Phi) is 4.74. The Hall–Kier alpha value is -3.55. The van der Waals surface area contributed by atoms with Crippen LogP contribution in [0.3, 0.4) is 0 Å². The zero-order valence-electron chi connectivity index (χ0n) is 16.7. The van der Waals surface area contributed by atoms with Crippen LogP contribution in [-0.2, 0) is 19.3 Å². The number of nitrogens with zero attached hydrogens (tertiary/aromatic N) is 5. The fourth-order valence-corrected chi connectivity index (χ4v) is 3.92. The monoisotopic (exact) mass is 403 g/mol. The van der Waals surface area contributed by atoms with Crippen LogP contribution in [0, 0.1) is 5.82 Å². The fourth-order valence-electron chi connectivity index (χ4n) is 3.92. The lowest BCUT2D eigenvalue weighted by Crippen LogP contribution is -2.03. The molecule has 0 unspecified atom stereocenters. The van der Waals surface area contributed by atoms with E-state index in [0.29, 0.717) is 17.5 Å². The lowest BCUT2D eigenvalue weighted by molar-refractivity contribution is 0.628. The van der Waals surface area contributed by atoms with E-state index in [2.05, 4.69) is 38.6 Å². The molecule has 0 atom stereocenters. The summed E-state index contributed by atoms with van der Waals surface area (Å²) in [5.74, 6) is 1.79. The number of rotatable bonds is 5. The van der Waals surface area contributed by atoms with Gasteiger partial charge in [-0.1, -0.05) is 6.92 Å². The molecule has 8 heteroatoms. The van der Waals surface area contributed by atoms with Gasteiger partial charge in [0.1, 0.15) is 18.0 Å². The summed E-state index contributed by atoms with van der Waals surface area (Å²) in [7, 11) is 0. The topological polar surface area (TPSA) is 84.3 Å². The van der Waals surface area contributed by atoms with Crippen molar-refractivity contribution in [3.05, 3.63) is 65.5 Å². The third kappa shape index (κ3) is 3.45. The van der Waals surface area contributed by atoms with Gasteiger partial charge in [-0.3, -0.25) is 5.10 Å². The minimum Gasteiger partial charge on any atom is -0.323 e. The van der Waals surface area contributed by atoms with E-state index in [0.717, 1.165) is 36.1 Å². The van der Waals surface area contributed by atoms with Gasteiger partial charge >= 0.3 is 0 Å². The molecular weight excluding hydrogens is 381 g/mol. The number of H-pyrrole nitrogens is 1. The van der Waals surface area contributed by atoms with Gasteiger partial charge < -0.3 is 5.32 Å². The van der Waals surface area contributed by atoms with E-state index >= 15 is 0 Å². The normalized spacial score (nSPS) is 13.3. The first-order valence-electron chi connectivity index (χ1n) is 10.2. The minimum atomic E-state index is -0.261. The molecule has 152 valence electrons. The van der Waals surface area contributed by atoms with Crippen molar-refractivity contribution in [3.63, 3.8) is 0 Å². The van der Waals surface area contributed by atoms with Crippen molar-refractivity contribution in [1.82, 2.24) is 29.9 Å². The van der Waals surface area contributed by atoms with Crippen LogP contribution in [0.25, 0.3) is 17.1 Å². The van der Waals surface area contributed by atoms with Gasteiger partial charge in [0.25, 0.3) is 0 Å². The van der Waals surface area contributed by atoms with Crippen LogP contribution in [0.4, 0.5) is 16.0 Å². The lowest BCUT2D eigenvalue weighted by atomic mass is 9.99. The van der Waals surface area contributed by atoms with Crippen molar-refractivity contribution < 1.29 is 4.39 Å². The average molecular weight is 403 g/mol. The molecule has 0 amide bonds. The highest BCUT2D eigenvalue weighted by Gasteiger charge is 2.16. The van der Waals surface area contributed by atoms with Gasteiger partial charge in [-0.15, -0.1) is 0 Å². The number of aromatic nitrogens is 6. The Morgan fingerprint density at radius 3 is 2.77 bits per heavy atom. The molecule has 30 heavy (non-hydrogen) atoms. The summed E-state index contributed by atoms with van der Waals surface area (Å²) in [6.45, 7) is 2.06. The summed E-state index contributed by atoms with van der Waals surface area (Å²) in [4.78, 5) is 8.73. The Morgan fingerprint density at radius 1 is 1.13 bits per heavy atom. The SMILES string of the molecule is CCc1c(Nc2cc(-n3cc4c(n3)CCCC4)ncn2)n[nH]c1-c1ccc(F)cc1. The molecule has 3 aromatic heterocycles. The highest BCUT2D eigenvalue weighted by atomic mass is 19.1. The maximum absolute atomic E-state index is 13.3. The summed E-state index contributed by atoms with van der Waals surface area (Å²) >= 11 is 0. The number of nitrogens with one attached hydrogen (secondary N) is 2. The van der Waals surface area contributed by atoms with Crippen molar-refractivity contribution in [1.29, 1.82) is 0 Å². The van der Waals surface area contributed by atoms with Gasteiger partial charge in [-0.2, -0.15) is 10.2 Å². The fraction of sp³-hybridized carbons (Fsp3) is 0.273. The third-order valence-corrected chi connectivity index (χ3v) is 5.47. The molecule has 0 spiro atoms. The predicted octanol–water partition coefficient (Wildman–Crippen LogP) is 4.38. The van der Waals surface area contributed by atoms with Crippen molar-refractivity contribution in [3.8, 4) is 17.1 Å². The summed E-state index contributed by atoms with van der Waals surface area (Å²) in [5, 5.41) is 15.5. The van der Waals surface area contributed by atoms with E-state index in [1.54, 1.807) is 12.1 Å². The van der Waals surface area contributed by atoms with Gasteiger partial charge in [0.15, 0.2) is 11.6 Å². The van der Waals surface area contributed by atoms with E-state index in [1.165, 1.54) is 42.6 Å². The van der Waals surface area contributed by atoms with Crippen molar-refractivity contribution in [2.45, 2.75) is 39.0 Å². The zero-order chi connectivity index (χ0) is 20.5. The first-order valence-corrected chi connectivity index (χ1v) is 10.2. The molecule has 0 radical (unpaired) electrons. The number of anilines is 2. The van der Waals surface area contributed by atoms with Crippen LogP contribution < -0.4 is 5.32 Å². The molecule has 7 nitrogen and oxygen atoms in total. The Balaban J connectivity index is 1.43. The molecule has 5 rings (SSSR count). The van der Waals surface area contributed by atoms with Gasteiger partial charge in [0, 0.05) is 23.4 Å². The number of aryl methyl sites for hydroxylation is 2. The van der Waals surface area contributed by atoms with Gasteiger partial charge in [-0.05, 0) is 61.9 Å². The largest absolute Gasteiger partial charge is 0.323 e. The van der Waals surface area contributed by atoms with Crippen molar-refractivity contribution in [2.75, 3.05) is 5.32 Å². The van der Waals surface area contributed by atoms with Crippen LogP contribution in [-0.4, -0.2) is 29.9 Å². The molecule has 1 aromatic carbocycles.